The zero-order valence-electron chi connectivity index (χ0n) is 12.6. The van der Waals surface area contributed by atoms with Gasteiger partial charge in [-0.1, -0.05) is 12.8 Å². The molecule has 0 amide bonds. The number of anilines is 1. The molecule has 1 N–H and O–H groups in total. The zero-order chi connectivity index (χ0) is 13.8. The van der Waals surface area contributed by atoms with E-state index in [2.05, 4.69) is 34.3 Å². The van der Waals surface area contributed by atoms with E-state index in [1.807, 2.05) is 6.20 Å². The standard InChI is InChI=1S/C17H27N3/c1-2-18-15-9-10-19-16(12-15)13-20-11-5-7-14-6-3-4-8-17(14)20/h9-10,12,14,17H,2-8,11,13H2,1H3,(H,18,19)/t14-,17-/m1/s1. The molecule has 2 atom stereocenters. The van der Waals surface area contributed by atoms with Crippen LogP contribution in [0.2, 0.25) is 0 Å². The van der Waals surface area contributed by atoms with Crippen molar-refractivity contribution in [1.82, 2.24) is 9.88 Å². The SMILES string of the molecule is CCNc1ccnc(CN2CCC[C@H]3CCCC[C@H]32)c1. The first kappa shape index (κ1) is 13.9. The van der Waals surface area contributed by atoms with Gasteiger partial charge in [-0.15, -0.1) is 0 Å². The van der Waals surface area contributed by atoms with Crippen molar-refractivity contribution in [1.29, 1.82) is 0 Å². The normalized spacial score (nSPS) is 27.1. The van der Waals surface area contributed by atoms with Crippen molar-refractivity contribution in [2.24, 2.45) is 5.92 Å². The number of nitrogens with zero attached hydrogens (tertiary/aromatic N) is 2. The van der Waals surface area contributed by atoms with Crippen LogP contribution in [0, 0.1) is 5.92 Å². The molecular weight excluding hydrogens is 246 g/mol. The Balaban J connectivity index is 1.68. The highest BCUT2D eigenvalue weighted by Gasteiger charge is 2.33. The van der Waals surface area contributed by atoms with E-state index in [0.717, 1.165) is 25.0 Å². The van der Waals surface area contributed by atoms with Crippen molar-refractivity contribution in [3.63, 3.8) is 0 Å². The monoisotopic (exact) mass is 273 g/mol. The summed E-state index contributed by atoms with van der Waals surface area (Å²) in [5.41, 5.74) is 2.42. The average molecular weight is 273 g/mol. The molecule has 3 nitrogen and oxygen atoms in total. The summed E-state index contributed by atoms with van der Waals surface area (Å²) >= 11 is 0. The van der Waals surface area contributed by atoms with Gasteiger partial charge in [0.2, 0.25) is 0 Å². The highest BCUT2D eigenvalue weighted by Crippen LogP contribution is 2.35. The third kappa shape index (κ3) is 3.14. The van der Waals surface area contributed by atoms with E-state index in [1.165, 1.54) is 56.5 Å². The Morgan fingerprint density at radius 3 is 3.00 bits per heavy atom. The summed E-state index contributed by atoms with van der Waals surface area (Å²) in [6.45, 7) is 5.39. The topological polar surface area (TPSA) is 28.2 Å². The van der Waals surface area contributed by atoms with Crippen LogP contribution < -0.4 is 5.32 Å². The number of rotatable bonds is 4. The van der Waals surface area contributed by atoms with Crippen LogP contribution in [0.1, 0.15) is 51.1 Å². The molecule has 2 aliphatic rings. The van der Waals surface area contributed by atoms with Gasteiger partial charge in [0.15, 0.2) is 0 Å². The first-order valence-electron chi connectivity index (χ1n) is 8.29. The fraction of sp³-hybridized carbons (Fsp3) is 0.706. The Labute approximate surface area is 122 Å². The Bertz CT molecular complexity index is 430. The molecule has 1 aliphatic heterocycles. The largest absolute Gasteiger partial charge is 0.385 e. The van der Waals surface area contributed by atoms with Crippen LogP contribution in [-0.4, -0.2) is 29.0 Å². The molecular formula is C17H27N3. The van der Waals surface area contributed by atoms with Crippen LogP contribution in [0.3, 0.4) is 0 Å². The van der Waals surface area contributed by atoms with Crippen LogP contribution in [0.4, 0.5) is 5.69 Å². The summed E-state index contributed by atoms with van der Waals surface area (Å²) < 4.78 is 0. The fourth-order valence-corrected chi connectivity index (χ4v) is 4.01. The van der Waals surface area contributed by atoms with Crippen LogP contribution in [0.15, 0.2) is 18.3 Å². The Kier molecular flexibility index (Phi) is 4.56. The highest BCUT2D eigenvalue weighted by atomic mass is 15.2. The summed E-state index contributed by atoms with van der Waals surface area (Å²) in [6, 6.07) is 5.10. The molecule has 0 aromatic carbocycles. The third-order valence-corrected chi connectivity index (χ3v) is 4.92. The summed E-state index contributed by atoms with van der Waals surface area (Å²) in [7, 11) is 0. The number of aromatic nitrogens is 1. The molecule has 1 saturated carbocycles. The van der Waals surface area contributed by atoms with Crippen molar-refractivity contribution in [2.45, 2.75) is 58.0 Å². The molecule has 20 heavy (non-hydrogen) atoms. The van der Waals surface area contributed by atoms with Crippen molar-refractivity contribution < 1.29 is 0 Å². The van der Waals surface area contributed by atoms with E-state index in [9.17, 15) is 0 Å². The predicted molar refractivity (Wildman–Crippen MR) is 83.8 cm³/mol. The van der Waals surface area contributed by atoms with Gasteiger partial charge in [0.25, 0.3) is 0 Å². The van der Waals surface area contributed by atoms with E-state index in [4.69, 9.17) is 0 Å². The summed E-state index contributed by atoms with van der Waals surface area (Å²) in [6.07, 6.45) is 10.5. The first-order valence-corrected chi connectivity index (χ1v) is 8.29. The average Bonchev–Trinajstić information content (AvgIpc) is 2.48. The maximum absolute atomic E-state index is 4.57. The van der Waals surface area contributed by atoms with Gasteiger partial charge in [-0.05, 0) is 57.2 Å². The molecule has 1 aromatic heterocycles. The summed E-state index contributed by atoms with van der Waals surface area (Å²) in [5, 5.41) is 3.38. The Morgan fingerprint density at radius 2 is 2.10 bits per heavy atom. The number of nitrogens with one attached hydrogen (secondary N) is 1. The van der Waals surface area contributed by atoms with Crippen molar-refractivity contribution in [3.8, 4) is 0 Å². The zero-order valence-corrected chi connectivity index (χ0v) is 12.6. The Morgan fingerprint density at radius 1 is 1.25 bits per heavy atom. The minimum absolute atomic E-state index is 0.821. The predicted octanol–water partition coefficient (Wildman–Crippen LogP) is 3.67. The number of hydrogen-bond donors (Lipinski definition) is 1. The van der Waals surface area contributed by atoms with Gasteiger partial charge in [-0.2, -0.15) is 0 Å². The van der Waals surface area contributed by atoms with Crippen molar-refractivity contribution in [3.05, 3.63) is 24.0 Å². The molecule has 1 saturated heterocycles. The fourth-order valence-electron chi connectivity index (χ4n) is 4.01. The maximum Gasteiger partial charge on any atom is 0.0564 e. The lowest BCUT2D eigenvalue weighted by atomic mass is 9.78. The summed E-state index contributed by atoms with van der Waals surface area (Å²) in [5.74, 6) is 0.953. The molecule has 1 aromatic rings. The number of hydrogen-bond acceptors (Lipinski definition) is 3. The second kappa shape index (κ2) is 6.57. The third-order valence-electron chi connectivity index (χ3n) is 4.92. The maximum atomic E-state index is 4.57. The molecule has 0 bridgehead atoms. The lowest BCUT2D eigenvalue weighted by Crippen LogP contribution is -2.46. The summed E-state index contributed by atoms with van der Waals surface area (Å²) in [4.78, 5) is 7.27. The van der Waals surface area contributed by atoms with Gasteiger partial charge in [0, 0.05) is 31.0 Å². The number of fused-ring (bicyclic) bond motifs is 1. The quantitative estimate of drug-likeness (QED) is 0.907. The van der Waals surface area contributed by atoms with Gasteiger partial charge in [-0.3, -0.25) is 9.88 Å². The van der Waals surface area contributed by atoms with Crippen molar-refractivity contribution >= 4 is 5.69 Å². The second-order valence-corrected chi connectivity index (χ2v) is 6.29. The first-order chi connectivity index (χ1) is 9.86. The lowest BCUT2D eigenvalue weighted by molar-refractivity contribution is 0.0537. The van der Waals surface area contributed by atoms with Gasteiger partial charge in [-0.25, -0.2) is 0 Å². The van der Waals surface area contributed by atoms with E-state index in [0.29, 0.717) is 0 Å². The van der Waals surface area contributed by atoms with E-state index in [-0.39, 0.29) is 0 Å². The van der Waals surface area contributed by atoms with Gasteiger partial charge in [0.1, 0.15) is 0 Å². The molecule has 2 heterocycles. The number of pyridine rings is 1. The molecule has 3 rings (SSSR count). The molecule has 0 spiro atoms. The molecule has 0 radical (unpaired) electrons. The van der Waals surface area contributed by atoms with Gasteiger partial charge in [0.05, 0.1) is 5.69 Å². The van der Waals surface area contributed by atoms with Gasteiger partial charge >= 0.3 is 0 Å². The highest BCUT2D eigenvalue weighted by molar-refractivity contribution is 5.42. The van der Waals surface area contributed by atoms with E-state index in [1.54, 1.807) is 0 Å². The van der Waals surface area contributed by atoms with Crippen LogP contribution in [0.25, 0.3) is 0 Å². The smallest absolute Gasteiger partial charge is 0.0564 e. The minimum Gasteiger partial charge on any atom is -0.385 e. The van der Waals surface area contributed by atoms with Gasteiger partial charge < -0.3 is 5.32 Å². The number of likely N-dealkylation sites (tertiary alicyclic amines) is 1. The van der Waals surface area contributed by atoms with E-state index >= 15 is 0 Å². The molecule has 3 heteroatoms. The lowest BCUT2D eigenvalue weighted by Gasteiger charge is -2.44. The van der Waals surface area contributed by atoms with E-state index < -0.39 is 0 Å². The second-order valence-electron chi connectivity index (χ2n) is 6.29. The molecule has 1 aliphatic carbocycles. The van der Waals surface area contributed by atoms with Crippen LogP contribution in [-0.2, 0) is 6.54 Å². The Hall–Kier alpha value is -1.09. The minimum atomic E-state index is 0.821. The van der Waals surface area contributed by atoms with Crippen LogP contribution in [0.5, 0.6) is 0 Å². The number of piperidine rings is 1. The molecule has 110 valence electrons. The molecule has 2 fully saturated rings. The van der Waals surface area contributed by atoms with Crippen LogP contribution >= 0.6 is 0 Å². The molecule has 0 unspecified atom stereocenters. The van der Waals surface area contributed by atoms with Crippen molar-refractivity contribution in [2.75, 3.05) is 18.4 Å².